The van der Waals surface area contributed by atoms with E-state index in [0.717, 1.165) is 23.2 Å². The summed E-state index contributed by atoms with van der Waals surface area (Å²) in [7, 11) is 0.0597. The first-order valence-electron chi connectivity index (χ1n) is 13.7. The number of aromatic nitrogens is 1. The molecule has 0 aliphatic carbocycles. The van der Waals surface area contributed by atoms with Crippen LogP contribution in [0.2, 0.25) is 0 Å². The van der Waals surface area contributed by atoms with E-state index < -0.39 is 21.4 Å². The van der Waals surface area contributed by atoms with Crippen LogP contribution in [0.3, 0.4) is 0 Å². The van der Waals surface area contributed by atoms with Crippen molar-refractivity contribution in [2.45, 2.75) is 16.3 Å². The Hall–Kier alpha value is -3.70. The van der Waals surface area contributed by atoms with E-state index in [2.05, 4.69) is 10.3 Å². The summed E-state index contributed by atoms with van der Waals surface area (Å²) in [6.07, 6.45) is 1.65. The molecule has 1 aliphatic rings. The van der Waals surface area contributed by atoms with Crippen LogP contribution in [0.4, 0.5) is 0 Å². The molecule has 1 amide bonds. The topological polar surface area (TPSA) is 91.8 Å². The van der Waals surface area contributed by atoms with E-state index in [1.165, 1.54) is 16.1 Å². The van der Waals surface area contributed by atoms with Crippen molar-refractivity contribution in [3.8, 4) is 16.9 Å². The van der Waals surface area contributed by atoms with Gasteiger partial charge in [-0.3, -0.25) is 9.78 Å². The van der Waals surface area contributed by atoms with Crippen molar-refractivity contribution in [2.75, 3.05) is 39.5 Å². The van der Waals surface area contributed by atoms with Crippen LogP contribution >= 0.6 is 11.8 Å². The van der Waals surface area contributed by atoms with Gasteiger partial charge in [-0.1, -0.05) is 72.8 Å². The molecular formula is C32H34N4O4S2. The Balaban J connectivity index is 1.34. The number of carbonyl (C=O) groups is 1. The third-order valence-corrected chi connectivity index (χ3v) is 10.1. The molecule has 10 heteroatoms. The average Bonchev–Trinajstić information content (AvgIpc) is 3.53. The zero-order valence-electron chi connectivity index (χ0n) is 23.6. The van der Waals surface area contributed by atoms with Gasteiger partial charge in [-0.25, -0.2) is 8.42 Å². The van der Waals surface area contributed by atoms with Gasteiger partial charge < -0.3 is 15.0 Å². The van der Waals surface area contributed by atoms with Gasteiger partial charge in [0.25, 0.3) is 0 Å². The molecule has 0 bridgehead atoms. The van der Waals surface area contributed by atoms with Gasteiger partial charge in [0.05, 0.1) is 22.8 Å². The lowest BCUT2D eigenvalue weighted by Gasteiger charge is -2.26. The quantitative estimate of drug-likeness (QED) is 0.267. The lowest BCUT2D eigenvalue weighted by atomic mass is 10.0. The van der Waals surface area contributed by atoms with Crippen LogP contribution in [0.15, 0.2) is 108 Å². The van der Waals surface area contributed by atoms with Crippen molar-refractivity contribution in [3.05, 3.63) is 115 Å². The number of benzene rings is 3. The summed E-state index contributed by atoms with van der Waals surface area (Å²) in [4.78, 5) is 20.5. The van der Waals surface area contributed by atoms with E-state index in [-0.39, 0.29) is 17.3 Å². The number of ether oxygens (including phenoxy) is 1. The number of likely N-dealkylation sites (N-methyl/N-ethyl adjacent to an activating group) is 1. The number of pyridine rings is 1. The first-order valence-corrected chi connectivity index (χ1v) is 16.2. The molecule has 4 aromatic rings. The normalized spacial score (nSPS) is 16.3. The van der Waals surface area contributed by atoms with Crippen LogP contribution < -0.4 is 10.1 Å². The molecule has 1 N–H and O–H groups in total. The number of amides is 1. The zero-order valence-corrected chi connectivity index (χ0v) is 25.2. The first-order chi connectivity index (χ1) is 20.3. The van der Waals surface area contributed by atoms with Crippen LogP contribution in [0.25, 0.3) is 11.1 Å². The van der Waals surface area contributed by atoms with Gasteiger partial charge in [0.2, 0.25) is 15.9 Å². The minimum Gasteiger partial charge on any atom is -0.491 e. The molecule has 8 nitrogen and oxygen atoms in total. The summed E-state index contributed by atoms with van der Waals surface area (Å²) in [6, 6.07) is 29.2. The van der Waals surface area contributed by atoms with Gasteiger partial charge in [0.1, 0.15) is 17.7 Å². The highest BCUT2D eigenvalue weighted by Gasteiger charge is 2.41. The highest BCUT2D eigenvalue weighted by Crippen LogP contribution is 2.32. The molecule has 1 aliphatic heterocycles. The first kappa shape index (κ1) is 29.8. The Labute approximate surface area is 251 Å². The third-order valence-electron chi connectivity index (χ3n) is 6.92. The number of rotatable bonds is 11. The Morgan fingerprint density at radius 1 is 0.976 bits per heavy atom. The van der Waals surface area contributed by atoms with E-state index in [1.807, 2.05) is 91.8 Å². The number of sulfonamides is 1. The Morgan fingerprint density at radius 3 is 2.29 bits per heavy atom. The molecule has 0 spiro atoms. The van der Waals surface area contributed by atoms with E-state index in [0.29, 0.717) is 23.8 Å². The van der Waals surface area contributed by atoms with Crippen LogP contribution in [0.5, 0.6) is 5.75 Å². The second kappa shape index (κ2) is 13.5. The van der Waals surface area contributed by atoms with Gasteiger partial charge >= 0.3 is 0 Å². The third kappa shape index (κ3) is 7.01. The maximum atomic E-state index is 13.7. The second-order valence-corrected chi connectivity index (χ2v) is 13.2. The Bertz CT molecular complexity index is 1570. The summed E-state index contributed by atoms with van der Waals surface area (Å²) < 4.78 is 34.5. The van der Waals surface area contributed by atoms with Crippen molar-refractivity contribution in [1.82, 2.24) is 19.5 Å². The minimum atomic E-state index is -3.90. The maximum absolute atomic E-state index is 13.7. The standard InChI is InChI=1S/C32H34N4O4S2/c1-35(2)19-21-40-27-15-18-29(33-23-27)30(26-11-7-4-8-12-26)34-31(37)32-36(20-22-41-32)42(38,39)28-16-13-25(14-17-28)24-9-5-3-6-10-24/h3-18,23,30,32H,19-22H2,1-2H3,(H,34,37)/t30-,32?/m1/s1. The van der Waals surface area contributed by atoms with Crippen molar-refractivity contribution >= 4 is 27.7 Å². The molecule has 1 saturated heterocycles. The molecule has 0 saturated carbocycles. The fraction of sp³-hybridized carbons (Fsp3) is 0.250. The monoisotopic (exact) mass is 602 g/mol. The molecule has 5 rings (SSSR count). The number of nitrogens with zero attached hydrogens (tertiary/aromatic N) is 3. The number of nitrogens with one attached hydrogen (secondary N) is 1. The molecule has 42 heavy (non-hydrogen) atoms. The van der Waals surface area contributed by atoms with Crippen LogP contribution in [-0.2, 0) is 14.8 Å². The minimum absolute atomic E-state index is 0.161. The van der Waals surface area contributed by atoms with E-state index in [4.69, 9.17) is 4.74 Å². The molecule has 1 aromatic heterocycles. The molecular weight excluding hydrogens is 569 g/mol. The number of carbonyl (C=O) groups excluding carboxylic acids is 1. The van der Waals surface area contributed by atoms with Crippen LogP contribution in [0, 0.1) is 0 Å². The molecule has 0 radical (unpaired) electrons. The largest absolute Gasteiger partial charge is 0.491 e. The van der Waals surface area contributed by atoms with Gasteiger partial charge in [-0.2, -0.15) is 4.31 Å². The molecule has 2 atom stereocenters. The predicted molar refractivity (Wildman–Crippen MR) is 167 cm³/mol. The zero-order chi connectivity index (χ0) is 29.5. The summed E-state index contributed by atoms with van der Waals surface area (Å²) in [5.74, 6) is 0.775. The molecule has 218 valence electrons. The Kier molecular flexibility index (Phi) is 9.58. The van der Waals surface area contributed by atoms with Gasteiger partial charge in [-0.15, -0.1) is 11.8 Å². The Morgan fingerprint density at radius 2 is 1.64 bits per heavy atom. The molecule has 2 heterocycles. The summed E-state index contributed by atoms with van der Waals surface area (Å²) >= 11 is 1.32. The van der Waals surface area contributed by atoms with Crippen molar-refractivity contribution < 1.29 is 17.9 Å². The lowest BCUT2D eigenvalue weighted by molar-refractivity contribution is -0.122. The van der Waals surface area contributed by atoms with Crippen LogP contribution in [-0.4, -0.2) is 73.4 Å². The van der Waals surface area contributed by atoms with E-state index in [9.17, 15) is 13.2 Å². The molecule has 1 unspecified atom stereocenters. The second-order valence-electron chi connectivity index (χ2n) is 10.2. The molecule has 3 aromatic carbocycles. The summed E-state index contributed by atoms with van der Waals surface area (Å²) in [6.45, 7) is 1.56. The SMILES string of the molecule is CN(C)CCOc1ccc([C@H](NC(=O)C2SCCN2S(=O)(=O)c2ccc(-c3ccccc3)cc2)c2ccccc2)nc1. The van der Waals surface area contributed by atoms with E-state index in [1.54, 1.807) is 30.5 Å². The predicted octanol–water partition coefficient (Wildman–Crippen LogP) is 4.66. The summed E-state index contributed by atoms with van der Waals surface area (Å²) in [5, 5.41) is 2.18. The highest BCUT2D eigenvalue weighted by atomic mass is 32.2. The van der Waals surface area contributed by atoms with Gasteiger partial charge in [0, 0.05) is 18.8 Å². The van der Waals surface area contributed by atoms with Gasteiger partial charge in [-0.05, 0) is 55.1 Å². The highest BCUT2D eigenvalue weighted by molar-refractivity contribution is 8.02. The number of hydrogen-bond donors (Lipinski definition) is 1. The fourth-order valence-electron chi connectivity index (χ4n) is 4.67. The van der Waals surface area contributed by atoms with Gasteiger partial charge in [0.15, 0.2) is 0 Å². The maximum Gasteiger partial charge on any atom is 0.249 e. The van der Waals surface area contributed by atoms with Crippen molar-refractivity contribution in [2.24, 2.45) is 0 Å². The van der Waals surface area contributed by atoms with Crippen LogP contribution in [0.1, 0.15) is 17.3 Å². The van der Waals surface area contributed by atoms with Crippen molar-refractivity contribution in [1.29, 1.82) is 0 Å². The smallest absolute Gasteiger partial charge is 0.249 e. The fourth-order valence-corrected chi connectivity index (χ4v) is 7.76. The lowest BCUT2D eigenvalue weighted by Crippen LogP contribution is -2.46. The van der Waals surface area contributed by atoms with Crippen molar-refractivity contribution in [3.63, 3.8) is 0 Å². The molecule has 1 fully saturated rings. The average molecular weight is 603 g/mol. The summed E-state index contributed by atoms with van der Waals surface area (Å²) in [5.41, 5.74) is 3.40. The number of hydrogen-bond acceptors (Lipinski definition) is 7. The number of thioether (sulfide) groups is 1. The van der Waals surface area contributed by atoms with E-state index >= 15 is 0 Å².